The van der Waals surface area contributed by atoms with E-state index in [-0.39, 0.29) is 5.91 Å². The first-order valence-corrected chi connectivity index (χ1v) is 8.05. The first-order valence-electron chi connectivity index (χ1n) is 6.08. The summed E-state index contributed by atoms with van der Waals surface area (Å²) < 4.78 is 0. The Kier molecular flexibility index (Phi) is 3.41. The van der Waals surface area contributed by atoms with Crippen LogP contribution in [-0.4, -0.2) is 41.4 Å². The van der Waals surface area contributed by atoms with Gasteiger partial charge in [-0.2, -0.15) is 0 Å². The Morgan fingerprint density at radius 2 is 1.84 bits per heavy atom. The topological polar surface area (TPSA) is 33.2 Å². The van der Waals surface area contributed by atoms with Gasteiger partial charge >= 0.3 is 0 Å². The first-order chi connectivity index (χ1) is 9.18. The van der Waals surface area contributed by atoms with Gasteiger partial charge in [-0.3, -0.25) is 4.79 Å². The molecule has 0 radical (unpaired) electrons. The predicted molar refractivity (Wildman–Crippen MR) is 81.2 cm³/mol. The molecule has 0 unspecified atom stereocenters. The normalized spacial score (nSPS) is 14.2. The number of hydrogen-bond acceptors (Lipinski definition) is 4. The molecule has 0 saturated heterocycles. The molecule has 0 bridgehead atoms. The molecular formula is C14H14N2OS2. The summed E-state index contributed by atoms with van der Waals surface area (Å²) >= 11 is 3.57. The second kappa shape index (κ2) is 5.06. The summed E-state index contributed by atoms with van der Waals surface area (Å²) in [5.74, 6) is 2.10. The monoisotopic (exact) mass is 290 g/mol. The minimum atomic E-state index is -0.0167. The Morgan fingerprint density at radius 1 is 1.16 bits per heavy atom. The third-order valence-corrected chi connectivity index (χ3v) is 5.59. The summed E-state index contributed by atoms with van der Waals surface area (Å²) in [5.41, 5.74) is 1.50. The van der Waals surface area contributed by atoms with E-state index < -0.39 is 0 Å². The van der Waals surface area contributed by atoms with Gasteiger partial charge in [-0.1, -0.05) is 18.2 Å². The van der Waals surface area contributed by atoms with E-state index in [9.17, 15) is 4.79 Å². The standard InChI is InChI=1S/C14H14N2OS2/c1-16(2)14(17)11-13-12(18-7-8-19-13)9-5-3-4-6-10(9)15-11/h3-6H,7-8H2,1-2H3. The third-order valence-electron chi connectivity index (χ3n) is 2.99. The molecule has 1 aromatic heterocycles. The number of thioether (sulfide) groups is 2. The maximum absolute atomic E-state index is 12.3. The molecule has 2 heterocycles. The quantitative estimate of drug-likeness (QED) is 0.808. The molecule has 1 aromatic carbocycles. The molecule has 0 fully saturated rings. The average Bonchev–Trinajstić information content (AvgIpc) is 2.45. The molecule has 3 rings (SSSR count). The van der Waals surface area contributed by atoms with Gasteiger partial charge in [0.1, 0.15) is 5.69 Å². The maximum Gasteiger partial charge on any atom is 0.273 e. The lowest BCUT2D eigenvalue weighted by atomic mass is 10.2. The lowest BCUT2D eigenvalue weighted by Gasteiger charge is -2.21. The van der Waals surface area contributed by atoms with Gasteiger partial charge in [-0.15, -0.1) is 23.5 Å². The van der Waals surface area contributed by atoms with Crippen molar-refractivity contribution in [2.45, 2.75) is 9.79 Å². The van der Waals surface area contributed by atoms with Gasteiger partial charge < -0.3 is 4.90 Å². The van der Waals surface area contributed by atoms with E-state index in [1.165, 1.54) is 4.90 Å². The van der Waals surface area contributed by atoms with Gasteiger partial charge in [0.05, 0.1) is 10.4 Å². The van der Waals surface area contributed by atoms with Crippen molar-refractivity contribution in [3.05, 3.63) is 30.0 Å². The summed E-state index contributed by atoms with van der Waals surface area (Å²) in [6.45, 7) is 0. The molecule has 0 N–H and O–H groups in total. The summed E-state index contributed by atoms with van der Waals surface area (Å²) in [7, 11) is 3.54. The highest BCUT2D eigenvalue weighted by Gasteiger charge is 2.24. The largest absolute Gasteiger partial charge is 0.343 e. The van der Waals surface area contributed by atoms with Gasteiger partial charge in [0.2, 0.25) is 0 Å². The number of hydrogen-bond donors (Lipinski definition) is 0. The highest BCUT2D eigenvalue weighted by molar-refractivity contribution is 8.05. The Hall–Kier alpha value is -1.20. The highest BCUT2D eigenvalue weighted by atomic mass is 32.2. The number of para-hydroxylation sites is 1. The average molecular weight is 290 g/mol. The number of amides is 1. The summed E-state index contributed by atoms with van der Waals surface area (Å²) in [5, 5.41) is 1.16. The van der Waals surface area contributed by atoms with Gasteiger partial charge in [0.15, 0.2) is 0 Å². The smallest absolute Gasteiger partial charge is 0.273 e. The van der Waals surface area contributed by atoms with Crippen LogP contribution in [0.1, 0.15) is 10.5 Å². The van der Waals surface area contributed by atoms with E-state index in [1.807, 2.05) is 30.0 Å². The van der Waals surface area contributed by atoms with Crippen molar-refractivity contribution in [3.8, 4) is 0 Å². The van der Waals surface area contributed by atoms with Crippen LogP contribution in [0.5, 0.6) is 0 Å². The van der Waals surface area contributed by atoms with Crippen molar-refractivity contribution in [1.29, 1.82) is 0 Å². The molecule has 3 nitrogen and oxygen atoms in total. The predicted octanol–water partition coefficient (Wildman–Crippen LogP) is 3.13. The third kappa shape index (κ3) is 2.21. The first kappa shape index (κ1) is 12.8. The minimum Gasteiger partial charge on any atom is -0.343 e. The van der Waals surface area contributed by atoms with Crippen LogP contribution in [0.15, 0.2) is 34.1 Å². The van der Waals surface area contributed by atoms with Crippen LogP contribution in [0.2, 0.25) is 0 Å². The highest BCUT2D eigenvalue weighted by Crippen LogP contribution is 2.42. The number of carbonyl (C=O) groups excluding carboxylic acids is 1. The number of benzene rings is 1. The van der Waals surface area contributed by atoms with E-state index in [0.717, 1.165) is 27.3 Å². The van der Waals surface area contributed by atoms with Crippen LogP contribution in [0.25, 0.3) is 10.9 Å². The van der Waals surface area contributed by atoms with Crippen LogP contribution in [0, 0.1) is 0 Å². The second-order valence-corrected chi connectivity index (χ2v) is 6.74. The minimum absolute atomic E-state index is 0.0167. The summed E-state index contributed by atoms with van der Waals surface area (Å²) in [4.78, 5) is 20.7. The zero-order valence-electron chi connectivity index (χ0n) is 10.8. The van der Waals surface area contributed by atoms with Gasteiger partial charge in [0, 0.05) is 35.9 Å². The summed E-state index contributed by atoms with van der Waals surface area (Å²) in [6, 6.07) is 8.05. The fraction of sp³-hybridized carbons (Fsp3) is 0.286. The van der Waals surface area contributed by atoms with Crippen LogP contribution in [0.3, 0.4) is 0 Å². The molecule has 19 heavy (non-hydrogen) atoms. The molecule has 2 aromatic rings. The number of carbonyl (C=O) groups is 1. The van der Waals surface area contributed by atoms with Crippen molar-refractivity contribution in [3.63, 3.8) is 0 Å². The van der Waals surface area contributed by atoms with Crippen molar-refractivity contribution in [2.75, 3.05) is 25.6 Å². The number of rotatable bonds is 1. The van der Waals surface area contributed by atoms with Gasteiger partial charge in [-0.05, 0) is 6.07 Å². The van der Waals surface area contributed by atoms with Gasteiger partial charge in [0.25, 0.3) is 5.91 Å². The van der Waals surface area contributed by atoms with E-state index in [4.69, 9.17) is 0 Å². The molecule has 1 amide bonds. The van der Waals surface area contributed by atoms with E-state index in [2.05, 4.69) is 11.1 Å². The molecule has 1 aliphatic heterocycles. The number of aromatic nitrogens is 1. The fourth-order valence-electron chi connectivity index (χ4n) is 2.09. The van der Waals surface area contributed by atoms with Crippen LogP contribution in [-0.2, 0) is 0 Å². The number of pyridine rings is 1. The molecule has 0 aliphatic carbocycles. The molecule has 0 spiro atoms. The Labute approximate surface area is 120 Å². The maximum atomic E-state index is 12.3. The SMILES string of the molecule is CN(C)C(=O)c1nc2ccccc2c2c1SCCS2. The molecule has 0 atom stereocenters. The number of fused-ring (bicyclic) bond motifs is 3. The van der Waals surface area contributed by atoms with E-state index >= 15 is 0 Å². The molecule has 0 saturated carbocycles. The molecular weight excluding hydrogens is 276 g/mol. The molecule has 98 valence electrons. The van der Waals surface area contributed by atoms with Crippen LogP contribution in [0.4, 0.5) is 0 Å². The van der Waals surface area contributed by atoms with Crippen molar-refractivity contribution < 1.29 is 4.79 Å². The van der Waals surface area contributed by atoms with Crippen molar-refractivity contribution in [2.24, 2.45) is 0 Å². The van der Waals surface area contributed by atoms with Crippen LogP contribution >= 0.6 is 23.5 Å². The Morgan fingerprint density at radius 3 is 2.58 bits per heavy atom. The fourth-order valence-corrected chi connectivity index (χ4v) is 4.58. The van der Waals surface area contributed by atoms with Crippen LogP contribution < -0.4 is 0 Å². The number of nitrogens with zero attached hydrogens (tertiary/aromatic N) is 2. The Bertz CT molecular complexity index is 655. The Balaban J connectivity index is 2.30. The van der Waals surface area contributed by atoms with E-state index in [1.54, 1.807) is 30.8 Å². The lowest BCUT2D eigenvalue weighted by Crippen LogP contribution is -2.24. The van der Waals surface area contributed by atoms with Gasteiger partial charge in [-0.25, -0.2) is 4.98 Å². The molecule has 1 aliphatic rings. The zero-order chi connectivity index (χ0) is 13.4. The second-order valence-electron chi connectivity index (χ2n) is 4.53. The molecule has 5 heteroatoms. The van der Waals surface area contributed by atoms with E-state index in [0.29, 0.717) is 5.69 Å². The lowest BCUT2D eigenvalue weighted by molar-refractivity contribution is 0.0818. The van der Waals surface area contributed by atoms with Crippen molar-refractivity contribution >= 4 is 40.3 Å². The zero-order valence-corrected chi connectivity index (χ0v) is 12.5. The van der Waals surface area contributed by atoms with Crippen molar-refractivity contribution in [1.82, 2.24) is 9.88 Å². The summed E-state index contributed by atoms with van der Waals surface area (Å²) in [6.07, 6.45) is 0.